The van der Waals surface area contributed by atoms with Gasteiger partial charge < -0.3 is 15.2 Å². The van der Waals surface area contributed by atoms with Crippen LogP contribution in [0.1, 0.15) is 48.3 Å². The summed E-state index contributed by atoms with van der Waals surface area (Å²) in [4.78, 5) is 15.8. The fourth-order valence-electron chi connectivity index (χ4n) is 3.20. The van der Waals surface area contributed by atoms with E-state index in [-0.39, 0.29) is 5.56 Å². The zero-order chi connectivity index (χ0) is 21.8. The first-order valence-electron chi connectivity index (χ1n) is 9.99. The molecule has 4 rings (SSSR count). The van der Waals surface area contributed by atoms with Gasteiger partial charge in [-0.3, -0.25) is 0 Å². The molecular formula is C22H21BrN4O3S. The summed E-state index contributed by atoms with van der Waals surface area (Å²) in [6.45, 7) is 2.17. The van der Waals surface area contributed by atoms with Gasteiger partial charge in [0.25, 0.3) is 0 Å². The zero-order valence-corrected chi connectivity index (χ0v) is 19.2. The lowest BCUT2D eigenvalue weighted by atomic mass is 10.1. The van der Waals surface area contributed by atoms with E-state index in [9.17, 15) is 9.90 Å². The number of halogens is 1. The number of aromatic nitrogens is 3. The van der Waals surface area contributed by atoms with Crippen molar-refractivity contribution in [3.05, 3.63) is 58.1 Å². The molecule has 0 bridgehead atoms. The van der Waals surface area contributed by atoms with E-state index < -0.39 is 12.2 Å². The minimum Gasteiger partial charge on any atom is -0.478 e. The number of rotatable bonds is 7. The van der Waals surface area contributed by atoms with Crippen molar-refractivity contribution >= 4 is 39.3 Å². The third-order valence-electron chi connectivity index (χ3n) is 4.83. The Hall–Kier alpha value is -2.65. The Kier molecular flexibility index (Phi) is 6.72. The van der Waals surface area contributed by atoms with Gasteiger partial charge in [-0.1, -0.05) is 59.6 Å². The average Bonchev–Trinajstić information content (AvgIpc) is 2.93. The molecule has 0 spiro atoms. The van der Waals surface area contributed by atoms with Gasteiger partial charge in [0.15, 0.2) is 11.9 Å². The number of anilines is 1. The summed E-state index contributed by atoms with van der Waals surface area (Å²) in [6.07, 6.45) is 2.87. The van der Waals surface area contributed by atoms with E-state index in [1.54, 1.807) is 36.0 Å². The molecule has 0 unspecified atom stereocenters. The second-order valence-corrected chi connectivity index (χ2v) is 9.04. The highest BCUT2D eigenvalue weighted by Crippen LogP contribution is 2.40. The molecule has 0 saturated heterocycles. The molecular weight excluding hydrogens is 480 g/mol. The molecule has 1 aliphatic rings. The highest BCUT2D eigenvalue weighted by Gasteiger charge is 2.26. The van der Waals surface area contributed by atoms with E-state index in [1.165, 1.54) is 6.42 Å². The van der Waals surface area contributed by atoms with Crippen molar-refractivity contribution in [1.29, 1.82) is 0 Å². The second kappa shape index (κ2) is 9.65. The van der Waals surface area contributed by atoms with Gasteiger partial charge in [0.2, 0.25) is 11.0 Å². The van der Waals surface area contributed by atoms with Crippen molar-refractivity contribution in [1.82, 2.24) is 15.2 Å². The molecule has 0 aliphatic carbocycles. The molecule has 0 saturated carbocycles. The maximum Gasteiger partial charge on any atom is 0.335 e. The fourth-order valence-corrected chi connectivity index (χ4v) is 4.34. The summed E-state index contributed by atoms with van der Waals surface area (Å²) in [5, 5.41) is 21.9. The minimum absolute atomic E-state index is 0.219. The molecule has 2 aromatic carbocycles. The number of fused-ring (bicyclic) bond motifs is 3. The van der Waals surface area contributed by atoms with Gasteiger partial charge in [-0.15, -0.1) is 10.2 Å². The molecule has 2 heterocycles. The van der Waals surface area contributed by atoms with E-state index in [0.29, 0.717) is 16.7 Å². The Morgan fingerprint density at radius 1 is 1.19 bits per heavy atom. The van der Waals surface area contributed by atoms with Gasteiger partial charge in [-0.25, -0.2) is 4.79 Å². The average molecular weight is 501 g/mol. The molecule has 0 amide bonds. The van der Waals surface area contributed by atoms with Gasteiger partial charge in [0.05, 0.1) is 5.56 Å². The number of thioether (sulfide) groups is 1. The van der Waals surface area contributed by atoms with Crippen LogP contribution < -0.4 is 10.1 Å². The maximum atomic E-state index is 11.2. The number of nitrogens with zero attached hydrogens (tertiary/aromatic N) is 3. The first-order chi connectivity index (χ1) is 15.0. The molecule has 1 aliphatic heterocycles. The topological polar surface area (TPSA) is 97.2 Å². The van der Waals surface area contributed by atoms with Gasteiger partial charge in [-0.05, 0) is 36.8 Å². The van der Waals surface area contributed by atoms with Crippen LogP contribution >= 0.6 is 27.7 Å². The van der Waals surface area contributed by atoms with Crippen LogP contribution in [-0.2, 0) is 0 Å². The van der Waals surface area contributed by atoms with Gasteiger partial charge in [-0.2, -0.15) is 4.98 Å². The molecule has 1 aromatic heterocycles. The van der Waals surface area contributed by atoms with Crippen LogP contribution in [0, 0.1) is 0 Å². The van der Waals surface area contributed by atoms with E-state index in [1.807, 2.05) is 18.2 Å². The van der Waals surface area contributed by atoms with Gasteiger partial charge in [0, 0.05) is 27.0 Å². The van der Waals surface area contributed by atoms with Crippen LogP contribution in [0.5, 0.6) is 5.88 Å². The number of hydrogen-bond acceptors (Lipinski definition) is 7. The predicted octanol–water partition coefficient (Wildman–Crippen LogP) is 5.78. The molecule has 2 N–H and O–H groups in total. The lowest BCUT2D eigenvalue weighted by molar-refractivity contribution is 0.0696. The Bertz CT molecular complexity index is 1090. The highest BCUT2D eigenvalue weighted by atomic mass is 79.9. The number of carbonyl (C=O) groups is 1. The molecule has 9 heteroatoms. The standard InChI is InChI=1S/C22H21BrN4O3S/c1-2-3-4-11-31-22-25-20-18(26-27-22)16-12-15(23)9-10-17(16)24-19(30-20)13-5-7-14(8-6-13)21(28)29/h5-10,12,19,24H,2-4,11H2,1H3,(H,28,29)/t19-/m1/s1. The first-order valence-corrected chi connectivity index (χ1v) is 11.8. The summed E-state index contributed by atoms with van der Waals surface area (Å²) in [7, 11) is 0. The van der Waals surface area contributed by atoms with Crippen LogP contribution in [0.4, 0.5) is 5.69 Å². The number of nitrogens with one attached hydrogen (secondary N) is 1. The molecule has 0 fully saturated rings. The normalized spacial score (nSPS) is 14.6. The van der Waals surface area contributed by atoms with E-state index in [0.717, 1.165) is 39.9 Å². The monoisotopic (exact) mass is 500 g/mol. The van der Waals surface area contributed by atoms with E-state index in [2.05, 4.69) is 43.4 Å². The minimum atomic E-state index is -0.969. The van der Waals surface area contributed by atoms with Crippen molar-refractivity contribution in [2.45, 2.75) is 37.6 Å². The highest BCUT2D eigenvalue weighted by molar-refractivity contribution is 9.10. The Morgan fingerprint density at radius 2 is 2.00 bits per heavy atom. The number of unbranched alkanes of at least 4 members (excludes halogenated alkanes) is 2. The number of carboxylic acids is 1. The molecule has 3 aromatic rings. The number of hydrogen-bond donors (Lipinski definition) is 2. The van der Waals surface area contributed by atoms with Crippen LogP contribution in [0.3, 0.4) is 0 Å². The van der Waals surface area contributed by atoms with E-state index in [4.69, 9.17) is 4.74 Å². The summed E-state index contributed by atoms with van der Waals surface area (Å²) in [6, 6.07) is 12.4. The summed E-state index contributed by atoms with van der Waals surface area (Å²) < 4.78 is 7.14. The van der Waals surface area contributed by atoms with Crippen LogP contribution in [0.15, 0.2) is 52.1 Å². The summed E-state index contributed by atoms with van der Waals surface area (Å²) >= 11 is 5.08. The molecule has 160 valence electrons. The van der Waals surface area contributed by atoms with Crippen LogP contribution in [0.2, 0.25) is 0 Å². The summed E-state index contributed by atoms with van der Waals surface area (Å²) in [5.41, 5.74) is 3.22. The number of benzene rings is 2. The first kappa shape index (κ1) is 21.6. The lowest BCUT2D eigenvalue weighted by Crippen LogP contribution is -2.17. The lowest BCUT2D eigenvalue weighted by Gasteiger charge is -2.19. The van der Waals surface area contributed by atoms with Gasteiger partial charge >= 0.3 is 5.97 Å². The number of ether oxygens (including phenoxy) is 1. The van der Waals surface area contributed by atoms with Crippen LogP contribution in [0.25, 0.3) is 11.3 Å². The molecule has 0 radical (unpaired) electrons. The largest absolute Gasteiger partial charge is 0.478 e. The van der Waals surface area contributed by atoms with Crippen molar-refractivity contribution in [2.75, 3.05) is 11.1 Å². The smallest absolute Gasteiger partial charge is 0.335 e. The van der Waals surface area contributed by atoms with Crippen molar-refractivity contribution in [3.63, 3.8) is 0 Å². The zero-order valence-electron chi connectivity index (χ0n) is 16.8. The maximum absolute atomic E-state index is 11.2. The third kappa shape index (κ3) is 4.99. The van der Waals surface area contributed by atoms with Gasteiger partial charge in [0.1, 0.15) is 0 Å². The van der Waals surface area contributed by atoms with Crippen LogP contribution in [-0.4, -0.2) is 32.0 Å². The number of aromatic carboxylic acids is 1. The van der Waals surface area contributed by atoms with Crippen molar-refractivity contribution in [3.8, 4) is 17.1 Å². The Labute approximate surface area is 192 Å². The summed E-state index contributed by atoms with van der Waals surface area (Å²) in [5.74, 6) is 0.350. The third-order valence-corrected chi connectivity index (χ3v) is 6.24. The Morgan fingerprint density at radius 3 is 2.74 bits per heavy atom. The molecule has 31 heavy (non-hydrogen) atoms. The quantitative estimate of drug-likeness (QED) is 0.311. The van der Waals surface area contributed by atoms with Crippen molar-refractivity contribution < 1.29 is 14.6 Å². The number of carboxylic acid groups (broad SMARTS) is 1. The SMILES string of the molecule is CCCCCSc1nnc2c(n1)O[C@H](c1ccc(C(=O)O)cc1)Nc1ccc(Br)cc1-2. The fraction of sp³-hybridized carbons (Fsp3) is 0.273. The molecule has 7 nitrogen and oxygen atoms in total. The predicted molar refractivity (Wildman–Crippen MR) is 124 cm³/mol. The van der Waals surface area contributed by atoms with Crippen molar-refractivity contribution in [2.24, 2.45) is 0 Å². The second-order valence-electron chi connectivity index (χ2n) is 7.06. The van der Waals surface area contributed by atoms with E-state index >= 15 is 0 Å². The molecule has 1 atom stereocenters. The Balaban J connectivity index is 1.69.